The molecule has 0 unspecified atom stereocenters. The molecule has 0 saturated carbocycles. The molecule has 0 fully saturated rings. The lowest BCUT2D eigenvalue weighted by Crippen LogP contribution is -2.22. The van der Waals surface area contributed by atoms with Crippen molar-refractivity contribution in [2.75, 3.05) is 0 Å². The number of carbonyl (C=O) groups is 1. The largest absolute Gasteiger partial charge is 0.346 e. The molecule has 142 valence electrons. The maximum atomic E-state index is 12.6. The first kappa shape index (κ1) is 18.5. The topological polar surface area (TPSA) is 72.7 Å². The van der Waals surface area contributed by atoms with E-state index in [1.807, 2.05) is 62.5 Å². The molecule has 4 aromatic rings. The Morgan fingerprint density at radius 3 is 2.64 bits per heavy atom. The van der Waals surface area contributed by atoms with Crippen LogP contribution < -0.4 is 5.32 Å². The number of thiazole rings is 1. The fourth-order valence-electron chi connectivity index (χ4n) is 2.83. The summed E-state index contributed by atoms with van der Waals surface area (Å²) in [5.41, 5.74) is 4.43. The molecule has 0 saturated heterocycles. The van der Waals surface area contributed by atoms with Gasteiger partial charge in [0.05, 0.1) is 23.6 Å². The highest BCUT2D eigenvalue weighted by Gasteiger charge is 2.20. The highest BCUT2D eigenvalue weighted by Crippen LogP contribution is 2.29. The molecule has 3 heterocycles. The number of benzene rings is 1. The summed E-state index contributed by atoms with van der Waals surface area (Å²) in [6.07, 6.45) is 0. The van der Waals surface area contributed by atoms with Gasteiger partial charge in [0.15, 0.2) is 0 Å². The number of hydrogen-bond acceptors (Lipinski definition) is 6. The van der Waals surface area contributed by atoms with Gasteiger partial charge in [0.25, 0.3) is 5.91 Å². The SMILES string of the molecule is Cc1ccc(-n2nnc(-c3nc(C)c(C(=O)NCc4cccs4)s3)c2C)cc1. The number of amides is 1. The average Bonchev–Trinajstić information content (AvgIpc) is 3.41. The van der Waals surface area contributed by atoms with Crippen LogP contribution in [0.2, 0.25) is 0 Å². The van der Waals surface area contributed by atoms with E-state index in [1.165, 1.54) is 16.9 Å². The normalized spacial score (nSPS) is 11.0. The van der Waals surface area contributed by atoms with E-state index in [2.05, 4.69) is 20.6 Å². The molecule has 1 N–H and O–H groups in total. The monoisotopic (exact) mass is 409 g/mol. The minimum atomic E-state index is -0.113. The highest BCUT2D eigenvalue weighted by atomic mass is 32.1. The van der Waals surface area contributed by atoms with Gasteiger partial charge >= 0.3 is 0 Å². The first-order chi connectivity index (χ1) is 13.5. The predicted octanol–water partition coefficient (Wildman–Crippen LogP) is 4.31. The Labute approximate surface area is 170 Å². The first-order valence-corrected chi connectivity index (χ1v) is 10.5. The van der Waals surface area contributed by atoms with Crippen LogP contribution in [-0.2, 0) is 6.54 Å². The van der Waals surface area contributed by atoms with Crippen LogP contribution in [0, 0.1) is 20.8 Å². The third-order valence-corrected chi connectivity index (χ3v) is 6.42. The van der Waals surface area contributed by atoms with E-state index in [4.69, 9.17) is 0 Å². The van der Waals surface area contributed by atoms with E-state index < -0.39 is 0 Å². The van der Waals surface area contributed by atoms with Crippen molar-refractivity contribution >= 4 is 28.6 Å². The zero-order valence-corrected chi connectivity index (χ0v) is 17.4. The van der Waals surface area contributed by atoms with Crippen LogP contribution in [0.3, 0.4) is 0 Å². The third-order valence-electron chi connectivity index (χ3n) is 4.38. The lowest BCUT2D eigenvalue weighted by molar-refractivity contribution is 0.0954. The van der Waals surface area contributed by atoms with Gasteiger partial charge in [0.1, 0.15) is 15.6 Å². The van der Waals surface area contributed by atoms with Gasteiger partial charge in [-0.3, -0.25) is 4.79 Å². The minimum absolute atomic E-state index is 0.113. The number of aromatic nitrogens is 4. The molecule has 0 atom stereocenters. The molecule has 0 aliphatic rings. The quantitative estimate of drug-likeness (QED) is 0.533. The summed E-state index contributed by atoms with van der Waals surface area (Å²) in [5.74, 6) is -0.113. The Morgan fingerprint density at radius 1 is 1.14 bits per heavy atom. The molecule has 0 aliphatic heterocycles. The van der Waals surface area contributed by atoms with Crippen LogP contribution in [0.1, 0.15) is 31.5 Å². The summed E-state index contributed by atoms with van der Waals surface area (Å²) >= 11 is 2.97. The van der Waals surface area contributed by atoms with Gasteiger partial charge in [-0.25, -0.2) is 9.67 Å². The molecule has 0 aliphatic carbocycles. The smallest absolute Gasteiger partial charge is 0.263 e. The summed E-state index contributed by atoms with van der Waals surface area (Å²) in [7, 11) is 0. The fourth-order valence-corrected chi connectivity index (χ4v) is 4.49. The number of nitrogens with zero attached hydrogens (tertiary/aromatic N) is 4. The van der Waals surface area contributed by atoms with Crippen molar-refractivity contribution in [3.05, 3.63) is 68.5 Å². The van der Waals surface area contributed by atoms with Gasteiger partial charge in [0, 0.05) is 4.88 Å². The number of rotatable bonds is 5. The molecule has 4 rings (SSSR count). The summed E-state index contributed by atoms with van der Waals surface area (Å²) in [5, 5.41) is 14.3. The van der Waals surface area contributed by atoms with Crippen LogP contribution in [0.15, 0.2) is 41.8 Å². The highest BCUT2D eigenvalue weighted by molar-refractivity contribution is 7.17. The van der Waals surface area contributed by atoms with Gasteiger partial charge < -0.3 is 5.32 Å². The van der Waals surface area contributed by atoms with Crippen molar-refractivity contribution in [3.8, 4) is 16.4 Å². The Bertz CT molecular complexity index is 1110. The van der Waals surface area contributed by atoms with Gasteiger partial charge in [-0.15, -0.1) is 27.8 Å². The summed E-state index contributed by atoms with van der Waals surface area (Å²) in [4.78, 5) is 18.9. The number of thiophene rings is 1. The Kier molecular flexibility index (Phi) is 5.06. The molecule has 0 spiro atoms. The Hall–Kier alpha value is -2.84. The van der Waals surface area contributed by atoms with Crippen molar-refractivity contribution in [1.82, 2.24) is 25.3 Å². The summed E-state index contributed by atoms with van der Waals surface area (Å²) in [6.45, 7) is 6.38. The molecule has 0 bridgehead atoms. The van der Waals surface area contributed by atoms with Crippen molar-refractivity contribution < 1.29 is 4.79 Å². The van der Waals surface area contributed by atoms with Crippen molar-refractivity contribution in [2.24, 2.45) is 0 Å². The lowest BCUT2D eigenvalue weighted by atomic mass is 10.2. The molecule has 1 amide bonds. The van der Waals surface area contributed by atoms with E-state index in [1.54, 1.807) is 16.0 Å². The molecular formula is C20H19N5OS2. The van der Waals surface area contributed by atoms with Gasteiger partial charge in [-0.2, -0.15) is 0 Å². The van der Waals surface area contributed by atoms with Crippen LogP contribution in [0.25, 0.3) is 16.4 Å². The summed E-state index contributed by atoms with van der Waals surface area (Å²) in [6, 6.07) is 12.1. The van der Waals surface area contributed by atoms with E-state index in [0.29, 0.717) is 27.8 Å². The lowest BCUT2D eigenvalue weighted by Gasteiger charge is -2.03. The van der Waals surface area contributed by atoms with Crippen LogP contribution in [-0.4, -0.2) is 25.9 Å². The van der Waals surface area contributed by atoms with Gasteiger partial charge in [-0.1, -0.05) is 29.0 Å². The van der Waals surface area contributed by atoms with E-state index in [9.17, 15) is 4.79 Å². The van der Waals surface area contributed by atoms with Gasteiger partial charge in [0.2, 0.25) is 0 Å². The second-order valence-corrected chi connectivity index (χ2v) is 8.50. The van der Waals surface area contributed by atoms with E-state index >= 15 is 0 Å². The van der Waals surface area contributed by atoms with Crippen molar-refractivity contribution in [2.45, 2.75) is 27.3 Å². The molecule has 1 aromatic carbocycles. The standard InChI is InChI=1S/C20H19N5OS2/c1-12-6-8-15(9-7-12)25-14(3)17(23-24-25)20-22-13(2)18(28-20)19(26)21-11-16-5-4-10-27-16/h4-10H,11H2,1-3H3,(H,21,26). The van der Waals surface area contributed by atoms with E-state index in [-0.39, 0.29) is 5.91 Å². The third kappa shape index (κ3) is 3.61. The zero-order valence-electron chi connectivity index (χ0n) is 15.8. The van der Waals surface area contributed by atoms with Crippen LogP contribution in [0.4, 0.5) is 0 Å². The van der Waals surface area contributed by atoms with E-state index in [0.717, 1.165) is 16.3 Å². The molecule has 6 nitrogen and oxygen atoms in total. The fraction of sp³-hybridized carbons (Fsp3) is 0.200. The second-order valence-electron chi connectivity index (χ2n) is 6.47. The summed E-state index contributed by atoms with van der Waals surface area (Å²) < 4.78 is 1.79. The molecule has 0 radical (unpaired) electrons. The number of nitrogens with one attached hydrogen (secondary N) is 1. The number of hydrogen-bond donors (Lipinski definition) is 1. The maximum absolute atomic E-state index is 12.6. The Balaban J connectivity index is 1.58. The average molecular weight is 410 g/mol. The minimum Gasteiger partial charge on any atom is -0.346 e. The van der Waals surface area contributed by atoms with Crippen LogP contribution in [0.5, 0.6) is 0 Å². The number of aryl methyl sites for hydroxylation is 2. The molecular weight excluding hydrogens is 390 g/mol. The maximum Gasteiger partial charge on any atom is 0.263 e. The number of carbonyl (C=O) groups excluding carboxylic acids is 1. The first-order valence-electron chi connectivity index (χ1n) is 8.80. The van der Waals surface area contributed by atoms with Crippen LogP contribution >= 0.6 is 22.7 Å². The van der Waals surface area contributed by atoms with Crippen molar-refractivity contribution in [1.29, 1.82) is 0 Å². The van der Waals surface area contributed by atoms with Gasteiger partial charge in [-0.05, 0) is 44.4 Å². The predicted molar refractivity (Wildman–Crippen MR) is 112 cm³/mol. The molecule has 8 heteroatoms. The molecule has 3 aromatic heterocycles. The Morgan fingerprint density at radius 2 is 1.93 bits per heavy atom. The second kappa shape index (κ2) is 7.65. The van der Waals surface area contributed by atoms with Crippen molar-refractivity contribution in [3.63, 3.8) is 0 Å². The molecule has 28 heavy (non-hydrogen) atoms. The zero-order chi connectivity index (χ0) is 19.7.